The van der Waals surface area contributed by atoms with Crippen LogP contribution in [0.4, 0.5) is 0 Å². The summed E-state index contributed by atoms with van der Waals surface area (Å²) in [5.41, 5.74) is 1.16. The third-order valence-electron chi connectivity index (χ3n) is 2.66. The summed E-state index contributed by atoms with van der Waals surface area (Å²) in [5.74, 6) is 1.67. The zero-order valence-electron chi connectivity index (χ0n) is 11.8. The summed E-state index contributed by atoms with van der Waals surface area (Å²) in [5, 5.41) is 6.46. The lowest BCUT2D eigenvalue weighted by Crippen LogP contribution is -2.36. The van der Waals surface area contributed by atoms with E-state index in [2.05, 4.69) is 43.7 Å². The van der Waals surface area contributed by atoms with Crippen molar-refractivity contribution in [2.45, 2.75) is 20.0 Å². The van der Waals surface area contributed by atoms with Crippen LogP contribution in [0.2, 0.25) is 0 Å². The summed E-state index contributed by atoms with van der Waals surface area (Å²) in [6.07, 6.45) is 1.67. The number of nitrogens with one attached hydrogen (secondary N) is 2. The number of rotatable bonds is 5. The molecule has 0 atom stereocenters. The van der Waals surface area contributed by atoms with Gasteiger partial charge in [0.15, 0.2) is 5.96 Å². The van der Waals surface area contributed by atoms with Crippen molar-refractivity contribution in [3.8, 4) is 0 Å². The van der Waals surface area contributed by atoms with Gasteiger partial charge in [0.1, 0.15) is 5.76 Å². The molecule has 0 aliphatic carbocycles. The van der Waals surface area contributed by atoms with E-state index in [1.807, 2.05) is 31.2 Å². The van der Waals surface area contributed by atoms with Crippen molar-refractivity contribution in [3.63, 3.8) is 0 Å². The van der Waals surface area contributed by atoms with E-state index >= 15 is 0 Å². The molecule has 0 spiro atoms. The molecule has 0 unspecified atom stereocenters. The Kier molecular flexibility index (Phi) is 8.44. The van der Waals surface area contributed by atoms with Crippen molar-refractivity contribution in [3.05, 3.63) is 58.5 Å². The van der Waals surface area contributed by atoms with Gasteiger partial charge in [-0.25, -0.2) is 4.99 Å². The lowest BCUT2D eigenvalue weighted by Gasteiger charge is -2.10. The average Bonchev–Trinajstić information content (AvgIpc) is 2.95. The molecule has 6 heteroatoms. The van der Waals surface area contributed by atoms with Crippen molar-refractivity contribution in [2.75, 3.05) is 6.54 Å². The zero-order chi connectivity index (χ0) is 14.2. The minimum absolute atomic E-state index is 0. The van der Waals surface area contributed by atoms with E-state index in [0.717, 1.165) is 28.3 Å². The van der Waals surface area contributed by atoms with Crippen LogP contribution in [0.3, 0.4) is 0 Å². The lowest BCUT2D eigenvalue weighted by atomic mass is 10.2. The van der Waals surface area contributed by atoms with E-state index in [0.29, 0.717) is 13.1 Å². The maximum absolute atomic E-state index is 5.29. The van der Waals surface area contributed by atoms with Crippen molar-refractivity contribution >= 4 is 45.9 Å². The summed E-state index contributed by atoms with van der Waals surface area (Å²) in [4.78, 5) is 4.56. The quantitative estimate of drug-likeness (QED) is 0.401. The molecule has 114 valence electrons. The highest BCUT2D eigenvalue weighted by Gasteiger charge is 2.00. The number of guanidine groups is 1. The zero-order valence-corrected chi connectivity index (χ0v) is 15.7. The fourth-order valence-corrected chi connectivity index (χ4v) is 2.18. The number of aliphatic imine (C=N–C) groups is 1. The molecule has 0 aliphatic rings. The predicted octanol–water partition coefficient (Wildman–Crippen LogP) is 3.92. The van der Waals surface area contributed by atoms with Gasteiger partial charge in [-0.15, -0.1) is 24.0 Å². The Balaban J connectivity index is 0.00000220. The SMILES string of the molecule is CCNC(=NCc1cccc(Br)c1)NCc1ccco1.I. The van der Waals surface area contributed by atoms with Gasteiger partial charge in [-0.3, -0.25) is 0 Å². The molecule has 0 fully saturated rings. The van der Waals surface area contributed by atoms with Gasteiger partial charge in [0.05, 0.1) is 19.4 Å². The maximum atomic E-state index is 5.29. The fourth-order valence-electron chi connectivity index (χ4n) is 1.73. The van der Waals surface area contributed by atoms with Gasteiger partial charge in [0.25, 0.3) is 0 Å². The first-order valence-electron chi connectivity index (χ1n) is 6.57. The molecular formula is C15H19BrIN3O. The van der Waals surface area contributed by atoms with Crippen LogP contribution < -0.4 is 10.6 Å². The maximum Gasteiger partial charge on any atom is 0.191 e. The first-order chi connectivity index (χ1) is 9.78. The van der Waals surface area contributed by atoms with Gasteiger partial charge < -0.3 is 15.1 Å². The second kappa shape index (κ2) is 9.83. The van der Waals surface area contributed by atoms with Crippen LogP contribution in [0.15, 0.2) is 56.5 Å². The molecule has 0 saturated heterocycles. The molecule has 1 heterocycles. The van der Waals surface area contributed by atoms with Crippen LogP contribution in [-0.2, 0) is 13.1 Å². The number of nitrogens with zero attached hydrogens (tertiary/aromatic N) is 1. The highest BCUT2D eigenvalue weighted by Crippen LogP contribution is 2.12. The minimum Gasteiger partial charge on any atom is -0.467 e. The van der Waals surface area contributed by atoms with Crippen molar-refractivity contribution in [1.29, 1.82) is 0 Å². The summed E-state index contributed by atoms with van der Waals surface area (Å²) in [7, 11) is 0. The molecule has 0 amide bonds. The van der Waals surface area contributed by atoms with Crippen LogP contribution >= 0.6 is 39.9 Å². The molecule has 1 aromatic heterocycles. The number of halogens is 2. The highest BCUT2D eigenvalue weighted by atomic mass is 127. The van der Waals surface area contributed by atoms with Crippen LogP contribution in [0.1, 0.15) is 18.2 Å². The Bertz CT molecular complexity index is 558. The molecule has 2 N–H and O–H groups in total. The van der Waals surface area contributed by atoms with Crippen LogP contribution in [0.5, 0.6) is 0 Å². The van der Waals surface area contributed by atoms with E-state index < -0.39 is 0 Å². The molecule has 2 aromatic rings. The van der Waals surface area contributed by atoms with Crippen molar-refractivity contribution in [1.82, 2.24) is 10.6 Å². The van der Waals surface area contributed by atoms with Crippen LogP contribution in [-0.4, -0.2) is 12.5 Å². The first-order valence-corrected chi connectivity index (χ1v) is 7.36. The molecule has 0 saturated carbocycles. The molecule has 2 rings (SSSR count). The van der Waals surface area contributed by atoms with E-state index in [-0.39, 0.29) is 24.0 Å². The largest absolute Gasteiger partial charge is 0.467 e. The Morgan fingerprint density at radius 3 is 2.76 bits per heavy atom. The Hall–Kier alpha value is -1.02. The summed E-state index contributed by atoms with van der Waals surface area (Å²) < 4.78 is 6.36. The summed E-state index contributed by atoms with van der Waals surface area (Å²) >= 11 is 3.46. The van der Waals surface area contributed by atoms with Gasteiger partial charge in [-0.2, -0.15) is 0 Å². The van der Waals surface area contributed by atoms with Crippen LogP contribution in [0, 0.1) is 0 Å². The molecule has 4 nitrogen and oxygen atoms in total. The van der Waals surface area contributed by atoms with Crippen molar-refractivity contribution < 1.29 is 4.42 Å². The monoisotopic (exact) mass is 463 g/mol. The second-order valence-corrected chi connectivity index (χ2v) is 5.17. The van der Waals surface area contributed by atoms with Crippen molar-refractivity contribution in [2.24, 2.45) is 4.99 Å². The van der Waals surface area contributed by atoms with E-state index in [4.69, 9.17) is 4.42 Å². The molecule has 1 aromatic carbocycles. The standard InChI is InChI=1S/C15H18BrN3O.HI/c1-2-17-15(19-11-14-7-4-8-20-14)18-10-12-5-3-6-13(16)9-12;/h3-9H,2,10-11H2,1H3,(H2,17,18,19);1H. The topological polar surface area (TPSA) is 49.6 Å². The van der Waals surface area contributed by atoms with Gasteiger partial charge >= 0.3 is 0 Å². The molecule has 0 bridgehead atoms. The fraction of sp³-hybridized carbons (Fsp3) is 0.267. The predicted molar refractivity (Wildman–Crippen MR) is 99.9 cm³/mol. The average molecular weight is 464 g/mol. The van der Waals surface area contributed by atoms with Gasteiger partial charge in [-0.1, -0.05) is 28.1 Å². The highest BCUT2D eigenvalue weighted by molar-refractivity contribution is 14.0. The summed E-state index contributed by atoms with van der Waals surface area (Å²) in [6, 6.07) is 12.0. The summed E-state index contributed by atoms with van der Waals surface area (Å²) in [6.45, 7) is 4.12. The molecule has 0 aliphatic heterocycles. The smallest absolute Gasteiger partial charge is 0.191 e. The van der Waals surface area contributed by atoms with Gasteiger partial charge in [0.2, 0.25) is 0 Å². The minimum atomic E-state index is 0. The number of hydrogen-bond donors (Lipinski definition) is 2. The number of benzene rings is 1. The number of furan rings is 1. The van der Waals surface area contributed by atoms with Gasteiger partial charge in [-0.05, 0) is 36.8 Å². The van der Waals surface area contributed by atoms with E-state index in [1.165, 1.54) is 0 Å². The van der Waals surface area contributed by atoms with E-state index in [9.17, 15) is 0 Å². The van der Waals surface area contributed by atoms with E-state index in [1.54, 1.807) is 6.26 Å². The van der Waals surface area contributed by atoms with Crippen LogP contribution in [0.25, 0.3) is 0 Å². The molecule has 21 heavy (non-hydrogen) atoms. The number of hydrogen-bond acceptors (Lipinski definition) is 2. The second-order valence-electron chi connectivity index (χ2n) is 4.26. The Morgan fingerprint density at radius 1 is 1.24 bits per heavy atom. The van der Waals surface area contributed by atoms with Gasteiger partial charge in [0, 0.05) is 11.0 Å². The molecule has 0 radical (unpaired) electrons. The third-order valence-corrected chi connectivity index (χ3v) is 3.16. The Morgan fingerprint density at radius 2 is 2.10 bits per heavy atom. The molecular weight excluding hydrogens is 445 g/mol. The normalized spacial score (nSPS) is 10.9. The first kappa shape index (κ1) is 18.0. The lowest BCUT2D eigenvalue weighted by molar-refractivity contribution is 0.501. The third kappa shape index (κ3) is 6.52. The Labute approximate surface area is 150 Å².